The fraction of sp³-hybridized carbons (Fsp3) is 0.735. The first-order valence-electron chi connectivity index (χ1n) is 23.1. The number of unbranched alkanes of at least 4 members (excludes halogenated alkanes) is 19. The molecule has 0 aliphatic rings. The lowest BCUT2D eigenvalue weighted by molar-refractivity contribution is -0.147. The predicted octanol–water partition coefficient (Wildman–Crippen LogP) is 13.3. The van der Waals surface area contributed by atoms with Gasteiger partial charge in [0.1, 0.15) is 12.1 Å². The molecule has 2 atom stereocenters. The van der Waals surface area contributed by atoms with E-state index in [4.69, 9.17) is 10.5 Å². The molecular weight excluding hydrogens is 697 g/mol. The maximum Gasteiger partial charge on any atom is 0.326 e. The van der Waals surface area contributed by atoms with Gasteiger partial charge in [0.25, 0.3) is 0 Å². The molecule has 0 aromatic heterocycles. The Morgan fingerprint density at radius 2 is 1.04 bits per heavy atom. The van der Waals surface area contributed by atoms with E-state index in [2.05, 4.69) is 73.8 Å². The van der Waals surface area contributed by atoms with Crippen molar-refractivity contribution < 1.29 is 24.2 Å². The smallest absolute Gasteiger partial charge is 0.326 e. The van der Waals surface area contributed by atoms with Gasteiger partial charge >= 0.3 is 11.9 Å². The molecule has 322 valence electrons. The van der Waals surface area contributed by atoms with Gasteiger partial charge in [-0.2, -0.15) is 0 Å². The first-order chi connectivity index (χ1) is 27.4. The number of carboxylic acids is 1. The summed E-state index contributed by atoms with van der Waals surface area (Å²) in [6.45, 7) is 4.82. The number of amides is 1. The molecule has 0 heterocycles. The fourth-order valence-corrected chi connectivity index (χ4v) is 6.59. The average Bonchev–Trinajstić information content (AvgIpc) is 3.18. The Morgan fingerprint density at radius 1 is 0.554 bits per heavy atom. The Hall–Kier alpha value is -2.93. The number of nitrogens with one attached hydrogen (secondary N) is 1. The van der Waals surface area contributed by atoms with Crippen molar-refractivity contribution in [3.63, 3.8) is 0 Å². The number of nitrogens with two attached hydrogens (primary N) is 1. The minimum atomic E-state index is -1.01. The van der Waals surface area contributed by atoms with Crippen LogP contribution in [0.3, 0.4) is 0 Å². The Kier molecular flexibility index (Phi) is 40.9. The van der Waals surface area contributed by atoms with E-state index in [1.807, 2.05) is 6.08 Å². The molecule has 4 N–H and O–H groups in total. The second kappa shape index (κ2) is 43.2. The first kappa shape index (κ1) is 53.1. The Balaban J connectivity index is 4.34. The van der Waals surface area contributed by atoms with Gasteiger partial charge in [-0.05, 0) is 103 Å². The van der Waals surface area contributed by atoms with Crippen LogP contribution in [0.25, 0.3) is 0 Å². The monoisotopic (exact) mass is 783 g/mol. The highest BCUT2D eigenvalue weighted by molar-refractivity contribution is 5.83. The third-order valence-electron chi connectivity index (χ3n) is 10.1. The summed E-state index contributed by atoms with van der Waals surface area (Å²) < 4.78 is 5.94. The van der Waals surface area contributed by atoms with Gasteiger partial charge in [-0.1, -0.05) is 165 Å². The van der Waals surface area contributed by atoms with Gasteiger partial charge in [-0.3, -0.25) is 9.59 Å². The molecule has 7 heteroatoms. The Bertz CT molecular complexity index is 1060. The minimum Gasteiger partial charge on any atom is -0.480 e. The lowest BCUT2D eigenvalue weighted by Crippen LogP contribution is -2.40. The number of carbonyl (C=O) groups excluding carboxylic acids is 2. The Morgan fingerprint density at radius 3 is 1.57 bits per heavy atom. The van der Waals surface area contributed by atoms with Crippen molar-refractivity contribution in [3.8, 4) is 0 Å². The summed E-state index contributed by atoms with van der Waals surface area (Å²) >= 11 is 0. The van der Waals surface area contributed by atoms with E-state index in [0.29, 0.717) is 32.2 Å². The molecule has 0 aliphatic heterocycles. The maximum atomic E-state index is 12.8. The van der Waals surface area contributed by atoms with E-state index in [1.165, 1.54) is 96.3 Å². The third-order valence-corrected chi connectivity index (χ3v) is 10.1. The topological polar surface area (TPSA) is 119 Å². The van der Waals surface area contributed by atoms with Crippen LogP contribution in [0.5, 0.6) is 0 Å². The maximum absolute atomic E-state index is 12.8. The molecule has 56 heavy (non-hydrogen) atoms. The largest absolute Gasteiger partial charge is 0.480 e. The number of carboxylic acid groups (broad SMARTS) is 1. The van der Waals surface area contributed by atoms with Gasteiger partial charge in [-0.15, -0.1) is 0 Å². The van der Waals surface area contributed by atoms with E-state index in [-0.39, 0.29) is 18.0 Å². The normalized spacial score (nSPS) is 13.2. The first-order valence-corrected chi connectivity index (χ1v) is 23.1. The minimum absolute atomic E-state index is 0.101. The van der Waals surface area contributed by atoms with Crippen LogP contribution in [0.1, 0.15) is 213 Å². The zero-order chi connectivity index (χ0) is 41.0. The van der Waals surface area contributed by atoms with Gasteiger partial charge in [0.2, 0.25) is 5.91 Å². The Labute approximate surface area is 344 Å². The molecule has 0 saturated carbocycles. The molecule has 0 spiro atoms. The average molecular weight is 783 g/mol. The molecule has 0 rings (SSSR count). The van der Waals surface area contributed by atoms with Gasteiger partial charge < -0.3 is 20.9 Å². The van der Waals surface area contributed by atoms with Crippen LogP contribution in [0.4, 0.5) is 0 Å². The van der Waals surface area contributed by atoms with Crippen molar-refractivity contribution in [2.24, 2.45) is 5.73 Å². The number of rotatable bonds is 41. The van der Waals surface area contributed by atoms with Gasteiger partial charge in [0, 0.05) is 12.8 Å². The summed E-state index contributed by atoms with van der Waals surface area (Å²) in [6.07, 6.45) is 54.3. The van der Waals surface area contributed by atoms with Crippen molar-refractivity contribution in [1.82, 2.24) is 5.32 Å². The number of allylic oxidation sites excluding steroid dienone is 9. The van der Waals surface area contributed by atoms with Crippen molar-refractivity contribution in [2.45, 2.75) is 225 Å². The number of hydrogen-bond acceptors (Lipinski definition) is 5. The van der Waals surface area contributed by atoms with E-state index < -0.39 is 12.0 Å². The van der Waals surface area contributed by atoms with Crippen LogP contribution in [-0.4, -0.2) is 41.6 Å². The highest BCUT2D eigenvalue weighted by Gasteiger charge is 2.18. The van der Waals surface area contributed by atoms with Gasteiger partial charge in [0.05, 0.1) is 0 Å². The molecule has 0 bridgehead atoms. The summed E-state index contributed by atoms with van der Waals surface area (Å²) in [5, 5.41) is 11.9. The van der Waals surface area contributed by atoms with E-state index >= 15 is 0 Å². The molecule has 0 aromatic rings. The highest BCUT2D eigenvalue weighted by atomic mass is 16.5. The van der Waals surface area contributed by atoms with Crippen LogP contribution < -0.4 is 11.1 Å². The quantitative estimate of drug-likeness (QED) is 0.0323. The zero-order valence-electron chi connectivity index (χ0n) is 36.2. The molecule has 1 amide bonds. The molecule has 0 aliphatic carbocycles. The third kappa shape index (κ3) is 39.3. The number of hydrogen-bond donors (Lipinski definition) is 3. The number of esters is 1. The molecule has 7 nitrogen and oxygen atoms in total. The molecular formula is C49H86N2O5. The standard InChI is InChI=1S/C49H86N2O5/c1-3-5-7-9-11-13-15-16-17-18-19-20-21-22-24-26-28-33-37-43-48(53)56-45(39-34-30-27-25-23-14-12-10-8-6-4-2)40-35-31-29-32-36-42-47(52)51-46(49(54)55)41-38-44-50/h6,8,12,14,16-17,25,27,34,39,45-46H,3-5,7,9-11,13,15,18-24,26,28-33,35-38,40-44,50H2,1-2H3,(H,51,52)(H,54,55)/b8-6-,14-12-,17-16-,27-25-,39-34-. The lowest BCUT2D eigenvalue weighted by atomic mass is 10.0. The van der Waals surface area contributed by atoms with Crippen LogP contribution >= 0.6 is 0 Å². The van der Waals surface area contributed by atoms with Crippen LogP contribution in [0.2, 0.25) is 0 Å². The van der Waals surface area contributed by atoms with Crippen molar-refractivity contribution >= 4 is 17.8 Å². The molecule has 0 radical (unpaired) electrons. The lowest BCUT2D eigenvalue weighted by Gasteiger charge is -2.15. The van der Waals surface area contributed by atoms with Crippen LogP contribution in [0.15, 0.2) is 60.8 Å². The van der Waals surface area contributed by atoms with Gasteiger partial charge in [-0.25, -0.2) is 4.79 Å². The summed E-state index contributed by atoms with van der Waals surface area (Å²) in [7, 11) is 0. The second-order valence-corrected chi connectivity index (χ2v) is 15.4. The van der Waals surface area contributed by atoms with Crippen molar-refractivity contribution in [1.29, 1.82) is 0 Å². The summed E-state index contributed by atoms with van der Waals surface area (Å²) in [5.41, 5.74) is 5.48. The van der Waals surface area contributed by atoms with Gasteiger partial charge in [0.15, 0.2) is 0 Å². The van der Waals surface area contributed by atoms with Crippen LogP contribution in [0, 0.1) is 0 Å². The van der Waals surface area contributed by atoms with E-state index in [9.17, 15) is 19.5 Å². The second-order valence-electron chi connectivity index (χ2n) is 15.4. The van der Waals surface area contributed by atoms with Crippen molar-refractivity contribution in [2.75, 3.05) is 6.54 Å². The van der Waals surface area contributed by atoms with E-state index in [1.54, 1.807) is 0 Å². The number of ether oxygens (including phenoxy) is 1. The number of carbonyl (C=O) groups is 3. The zero-order valence-corrected chi connectivity index (χ0v) is 36.2. The fourth-order valence-electron chi connectivity index (χ4n) is 6.59. The number of aliphatic carboxylic acids is 1. The summed E-state index contributed by atoms with van der Waals surface area (Å²) in [5.74, 6) is -1.33. The predicted molar refractivity (Wildman–Crippen MR) is 239 cm³/mol. The highest BCUT2D eigenvalue weighted by Crippen LogP contribution is 2.16. The summed E-state index contributed by atoms with van der Waals surface area (Å²) in [6, 6.07) is -0.869. The van der Waals surface area contributed by atoms with Crippen LogP contribution in [-0.2, 0) is 19.1 Å². The summed E-state index contributed by atoms with van der Waals surface area (Å²) in [4.78, 5) is 36.4. The molecule has 0 aromatic carbocycles. The van der Waals surface area contributed by atoms with E-state index in [0.717, 1.165) is 77.0 Å². The molecule has 0 saturated heterocycles. The molecule has 0 fully saturated rings. The van der Waals surface area contributed by atoms with Crippen molar-refractivity contribution in [3.05, 3.63) is 60.8 Å². The molecule has 2 unspecified atom stereocenters. The SMILES string of the molecule is CC/C=C\C/C=C\C/C=C\C/C=C\C(CCCCCCCC(=O)NC(CCCN)C(=O)O)OC(=O)CCCCCCCCCCC/C=C\CCCCCCCC.